The second kappa shape index (κ2) is 5.48. The second-order valence-electron chi connectivity index (χ2n) is 8.70. The lowest BCUT2D eigenvalue weighted by Crippen LogP contribution is -2.61. The van der Waals surface area contributed by atoms with Gasteiger partial charge >= 0.3 is 0 Å². The number of morpholine rings is 1. The molecule has 1 saturated heterocycles. The molecule has 0 spiro atoms. The third-order valence-corrected chi connectivity index (χ3v) is 6.31. The third-order valence-electron chi connectivity index (χ3n) is 6.31. The summed E-state index contributed by atoms with van der Waals surface area (Å²) >= 11 is 0. The SMILES string of the molecule is C[C@H]1CN(CC(=O)NC23CC4CC(CC(C4)C2)C3)C[C@H](C)O1. The van der Waals surface area contributed by atoms with Gasteiger partial charge in [0.1, 0.15) is 0 Å². The first kappa shape index (κ1) is 14.9. The maximum Gasteiger partial charge on any atom is 0.234 e. The maximum atomic E-state index is 12.6. The van der Waals surface area contributed by atoms with Gasteiger partial charge in [0.15, 0.2) is 0 Å². The molecule has 4 bridgehead atoms. The molecule has 5 fully saturated rings. The number of ether oxygens (including phenoxy) is 1. The van der Waals surface area contributed by atoms with Gasteiger partial charge in [-0.05, 0) is 70.1 Å². The molecule has 4 nitrogen and oxygen atoms in total. The summed E-state index contributed by atoms with van der Waals surface area (Å²) in [6, 6.07) is 0. The average molecular weight is 306 g/mol. The quantitative estimate of drug-likeness (QED) is 0.869. The fraction of sp³-hybridized carbons (Fsp3) is 0.944. The number of hydrogen-bond acceptors (Lipinski definition) is 3. The molecule has 5 aliphatic rings. The van der Waals surface area contributed by atoms with E-state index in [1.165, 1.54) is 38.5 Å². The molecule has 22 heavy (non-hydrogen) atoms. The highest BCUT2D eigenvalue weighted by molar-refractivity contribution is 5.79. The average Bonchev–Trinajstić information content (AvgIpc) is 2.33. The molecule has 1 aliphatic heterocycles. The first-order valence-electron chi connectivity index (χ1n) is 9.18. The van der Waals surface area contributed by atoms with Gasteiger partial charge in [-0.15, -0.1) is 0 Å². The molecule has 4 saturated carbocycles. The van der Waals surface area contributed by atoms with Crippen LogP contribution < -0.4 is 5.32 Å². The summed E-state index contributed by atoms with van der Waals surface area (Å²) in [4.78, 5) is 14.9. The molecule has 1 heterocycles. The lowest BCUT2D eigenvalue weighted by Gasteiger charge is -2.57. The van der Waals surface area contributed by atoms with E-state index >= 15 is 0 Å². The van der Waals surface area contributed by atoms with E-state index in [0.717, 1.165) is 30.8 Å². The van der Waals surface area contributed by atoms with Gasteiger partial charge in [0.25, 0.3) is 0 Å². The van der Waals surface area contributed by atoms with Crippen molar-refractivity contribution in [3.05, 3.63) is 0 Å². The van der Waals surface area contributed by atoms with Crippen LogP contribution in [0.15, 0.2) is 0 Å². The van der Waals surface area contributed by atoms with E-state index < -0.39 is 0 Å². The van der Waals surface area contributed by atoms with Gasteiger partial charge in [-0.1, -0.05) is 0 Å². The lowest BCUT2D eigenvalue weighted by atomic mass is 9.53. The Labute approximate surface area is 134 Å². The van der Waals surface area contributed by atoms with Crippen LogP contribution >= 0.6 is 0 Å². The van der Waals surface area contributed by atoms with Crippen LogP contribution in [-0.2, 0) is 9.53 Å². The number of carbonyl (C=O) groups is 1. The molecule has 1 N–H and O–H groups in total. The second-order valence-corrected chi connectivity index (χ2v) is 8.70. The number of amides is 1. The molecule has 4 aliphatic carbocycles. The number of hydrogen-bond donors (Lipinski definition) is 1. The minimum atomic E-state index is 0.148. The molecule has 5 rings (SSSR count). The number of carbonyl (C=O) groups excluding carboxylic acids is 1. The van der Waals surface area contributed by atoms with Crippen LogP contribution in [0.1, 0.15) is 52.4 Å². The van der Waals surface area contributed by atoms with Gasteiger partial charge in [-0.25, -0.2) is 0 Å². The van der Waals surface area contributed by atoms with Crippen LogP contribution in [-0.4, -0.2) is 48.2 Å². The number of nitrogens with zero attached hydrogens (tertiary/aromatic N) is 1. The van der Waals surface area contributed by atoms with Crippen molar-refractivity contribution in [2.45, 2.75) is 70.1 Å². The molecule has 0 radical (unpaired) electrons. The van der Waals surface area contributed by atoms with E-state index in [1.54, 1.807) is 0 Å². The van der Waals surface area contributed by atoms with Gasteiger partial charge in [0, 0.05) is 18.6 Å². The topological polar surface area (TPSA) is 41.6 Å². The van der Waals surface area contributed by atoms with Crippen molar-refractivity contribution in [1.82, 2.24) is 10.2 Å². The molecular formula is C18H30N2O2. The molecule has 0 aromatic heterocycles. The Morgan fingerprint density at radius 1 is 1.05 bits per heavy atom. The molecule has 2 atom stereocenters. The summed E-state index contributed by atoms with van der Waals surface area (Å²) in [5, 5.41) is 3.48. The first-order chi connectivity index (χ1) is 10.5. The zero-order valence-corrected chi connectivity index (χ0v) is 14.0. The number of rotatable bonds is 3. The summed E-state index contributed by atoms with van der Waals surface area (Å²) < 4.78 is 5.76. The zero-order valence-electron chi connectivity index (χ0n) is 14.0. The van der Waals surface area contributed by atoms with Crippen LogP contribution in [0.25, 0.3) is 0 Å². The summed E-state index contributed by atoms with van der Waals surface area (Å²) in [6.45, 7) is 6.48. The summed E-state index contributed by atoms with van der Waals surface area (Å²) in [6.07, 6.45) is 8.45. The van der Waals surface area contributed by atoms with E-state index in [0.29, 0.717) is 6.54 Å². The Kier molecular flexibility index (Phi) is 3.73. The van der Waals surface area contributed by atoms with Crippen molar-refractivity contribution in [2.24, 2.45) is 17.8 Å². The Morgan fingerprint density at radius 2 is 1.55 bits per heavy atom. The van der Waals surface area contributed by atoms with Gasteiger partial charge in [-0.3, -0.25) is 9.69 Å². The normalized spacial score (nSPS) is 47.6. The maximum absolute atomic E-state index is 12.6. The smallest absolute Gasteiger partial charge is 0.234 e. The highest BCUT2D eigenvalue weighted by Gasteiger charge is 2.51. The van der Waals surface area contributed by atoms with Crippen molar-refractivity contribution in [2.75, 3.05) is 19.6 Å². The van der Waals surface area contributed by atoms with Crippen molar-refractivity contribution >= 4 is 5.91 Å². The van der Waals surface area contributed by atoms with Crippen molar-refractivity contribution in [3.8, 4) is 0 Å². The zero-order chi connectivity index (χ0) is 15.3. The van der Waals surface area contributed by atoms with Crippen molar-refractivity contribution in [1.29, 1.82) is 0 Å². The first-order valence-corrected chi connectivity index (χ1v) is 9.18. The monoisotopic (exact) mass is 306 g/mol. The Hall–Kier alpha value is -0.610. The highest BCUT2D eigenvalue weighted by atomic mass is 16.5. The molecule has 1 amide bonds. The van der Waals surface area contributed by atoms with Crippen molar-refractivity contribution < 1.29 is 9.53 Å². The minimum absolute atomic E-state index is 0.148. The van der Waals surface area contributed by atoms with Gasteiger partial charge in [0.2, 0.25) is 5.91 Å². The van der Waals surface area contributed by atoms with Gasteiger partial charge < -0.3 is 10.1 Å². The molecule has 124 valence electrons. The molecule has 4 heteroatoms. The summed E-state index contributed by atoms with van der Waals surface area (Å²) in [5.41, 5.74) is 0.148. The van der Waals surface area contributed by atoms with Crippen LogP contribution in [0.3, 0.4) is 0 Å². The van der Waals surface area contributed by atoms with Crippen LogP contribution in [0.2, 0.25) is 0 Å². The van der Waals surface area contributed by atoms with E-state index in [-0.39, 0.29) is 23.7 Å². The fourth-order valence-corrected chi connectivity index (χ4v) is 6.22. The van der Waals surface area contributed by atoms with Gasteiger partial charge in [-0.2, -0.15) is 0 Å². The molecular weight excluding hydrogens is 276 g/mol. The standard InChI is InChI=1S/C18H30N2O2/c1-12-9-20(10-13(2)22-12)11-17(21)19-18-6-14-3-15(7-18)5-16(4-14)8-18/h12-16H,3-11H2,1-2H3,(H,19,21)/t12-,13-,14?,15?,16?,18?/m0/s1. The van der Waals surface area contributed by atoms with Crippen LogP contribution in [0.4, 0.5) is 0 Å². The number of nitrogens with one attached hydrogen (secondary N) is 1. The van der Waals surface area contributed by atoms with E-state index in [9.17, 15) is 4.79 Å². The summed E-state index contributed by atoms with van der Waals surface area (Å²) in [7, 11) is 0. The largest absolute Gasteiger partial charge is 0.373 e. The Balaban J connectivity index is 1.36. The summed E-state index contributed by atoms with van der Waals surface area (Å²) in [5.74, 6) is 2.89. The minimum Gasteiger partial charge on any atom is -0.373 e. The van der Waals surface area contributed by atoms with E-state index in [1.807, 2.05) is 0 Å². The van der Waals surface area contributed by atoms with E-state index in [2.05, 4.69) is 24.1 Å². The Bertz CT molecular complexity index is 405. The van der Waals surface area contributed by atoms with E-state index in [4.69, 9.17) is 4.74 Å². The van der Waals surface area contributed by atoms with Crippen molar-refractivity contribution in [3.63, 3.8) is 0 Å². The molecule has 0 aromatic carbocycles. The molecule has 0 unspecified atom stereocenters. The Morgan fingerprint density at radius 3 is 2.05 bits per heavy atom. The van der Waals surface area contributed by atoms with Gasteiger partial charge in [0.05, 0.1) is 18.8 Å². The highest BCUT2D eigenvalue weighted by Crippen LogP contribution is 2.55. The molecule has 0 aromatic rings. The fourth-order valence-electron chi connectivity index (χ4n) is 6.22. The van der Waals surface area contributed by atoms with Crippen LogP contribution in [0, 0.1) is 17.8 Å². The third kappa shape index (κ3) is 2.92. The predicted molar refractivity (Wildman–Crippen MR) is 85.5 cm³/mol. The van der Waals surface area contributed by atoms with Crippen LogP contribution in [0.5, 0.6) is 0 Å². The predicted octanol–water partition coefficient (Wildman–Crippen LogP) is 2.18. The lowest BCUT2D eigenvalue weighted by molar-refractivity contribution is -0.131.